The summed E-state index contributed by atoms with van der Waals surface area (Å²) >= 11 is 0. The van der Waals surface area contributed by atoms with Crippen molar-refractivity contribution in [2.24, 2.45) is 10.8 Å². The number of hydrogen-bond acceptors (Lipinski definition) is 1. The predicted molar refractivity (Wildman–Crippen MR) is 56.6 cm³/mol. The van der Waals surface area contributed by atoms with Crippen LogP contribution in [0.25, 0.3) is 0 Å². The third-order valence-electron chi connectivity index (χ3n) is 3.93. The third-order valence-corrected chi connectivity index (χ3v) is 3.93. The maximum Gasteiger partial charge on any atom is 0.0490 e. The van der Waals surface area contributed by atoms with Gasteiger partial charge in [0.1, 0.15) is 0 Å². The van der Waals surface area contributed by atoms with Gasteiger partial charge in [0.15, 0.2) is 0 Å². The van der Waals surface area contributed by atoms with Gasteiger partial charge in [0, 0.05) is 6.61 Å². The Kier molecular flexibility index (Phi) is 2.86. The van der Waals surface area contributed by atoms with Gasteiger partial charge in [-0.3, -0.25) is 0 Å². The number of aliphatic hydroxyl groups is 1. The Morgan fingerprint density at radius 2 is 1.92 bits per heavy atom. The third kappa shape index (κ3) is 1.80. The van der Waals surface area contributed by atoms with Gasteiger partial charge < -0.3 is 5.11 Å². The second kappa shape index (κ2) is 3.45. The summed E-state index contributed by atoms with van der Waals surface area (Å²) in [6.45, 7) is 9.05. The van der Waals surface area contributed by atoms with Crippen molar-refractivity contribution in [3.8, 4) is 0 Å². The largest absolute Gasteiger partial charge is 0.396 e. The molecule has 0 heterocycles. The lowest BCUT2D eigenvalue weighted by Crippen LogP contribution is -2.36. The van der Waals surface area contributed by atoms with Crippen LogP contribution in [0.1, 0.15) is 47.0 Å². The van der Waals surface area contributed by atoms with Gasteiger partial charge in [-0.2, -0.15) is 0 Å². The molecule has 0 aromatic heterocycles. The number of aliphatic hydroxyl groups excluding tert-OH is 1. The Bertz CT molecular complexity index is 211. The minimum atomic E-state index is -0.0107. The monoisotopic (exact) mass is 182 g/mol. The summed E-state index contributed by atoms with van der Waals surface area (Å²) in [6.07, 6.45) is 6.09. The van der Waals surface area contributed by atoms with Crippen LogP contribution < -0.4 is 0 Å². The molecule has 1 heteroatoms. The van der Waals surface area contributed by atoms with Crippen LogP contribution in [0, 0.1) is 10.8 Å². The predicted octanol–water partition coefficient (Wildman–Crippen LogP) is 3.14. The van der Waals surface area contributed by atoms with Gasteiger partial charge in [-0.25, -0.2) is 0 Å². The summed E-state index contributed by atoms with van der Waals surface area (Å²) in [5, 5.41) is 9.36. The lowest BCUT2D eigenvalue weighted by atomic mass is 9.64. The second-order valence-electron chi connectivity index (χ2n) is 5.29. The normalized spacial score (nSPS) is 19.0. The molecule has 13 heavy (non-hydrogen) atoms. The van der Waals surface area contributed by atoms with E-state index in [0.717, 1.165) is 0 Å². The van der Waals surface area contributed by atoms with Crippen molar-refractivity contribution in [3.05, 3.63) is 11.6 Å². The Labute approximate surface area is 81.9 Å². The molecule has 1 aliphatic rings. The zero-order valence-electron chi connectivity index (χ0n) is 9.35. The van der Waals surface area contributed by atoms with Crippen molar-refractivity contribution in [1.82, 2.24) is 0 Å². The number of hydrogen-bond donors (Lipinski definition) is 1. The van der Waals surface area contributed by atoms with E-state index in [1.807, 2.05) is 0 Å². The van der Waals surface area contributed by atoms with Crippen LogP contribution in [-0.2, 0) is 0 Å². The fraction of sp³-hybridized carbons (Fsp3) is 0.833. The molecule has 0 amide bonds. The van der Waals surface area contributed by atoms with Crippen LogP contribution in [0.15, 0.2) is 11.6 Å². The highest BCUT2D eigenvalue weighted by Crippen LogP contribution is 2.47. The first kappa shape index (κ1) is 10.8. The summed E-state index contributed by atoms with van der Waals surface area (Å²) in [5.41, 5.74) is 1.66. The van der Waals surface area contributed by atoms with Crippen molar-refractivity contribution in [2.75, 3.05) is 6.61 Å². The van der Waals surface area contributed by atoms with Crippen LogP contribution in [0.2, 0.25) is 0 Å². The van der Waals surface area contributed by atoms with Crippen molar-refractivity contribution in [2.45, 2.75) is 47.0 Å². The molecule has 0 atom stereocenters. The standard InChI is InChI=1S/C12H22O/c1-11(2,9-13)12(3,4)10-7-5-6-8-10/h7,13H,5-6,8-9H2,1-4H3. The van der Waals surface area contributed by atoms with E-state index < -0.39 is 0 Å². The maximum absolute atomic E-state index is 9.36. The zero-order valence-corrected chi connectivity index (χ0v) is 9.35. The molecule has 1 nitrogen and oxygen atoms in total. The molecule has 0 bridgehead atoms. The van der Waals surface area contributed by atoms with E-state index in [0.29, 0.717) is 0 Å². The van der Waals surface area contributed by atoms with Crippen molar-refractivity contribution < 1.29 is 5.11 Å². The second-order valence-corrected chi connectivity index (χ2v) is 5.29. The topological polar surface area (TPSA) is 20.2 Å². The Balaban J connectivity index is 2.86. The molecule has 76 valence electrons. The molecule has 0 saturated carbocycles. The van der Waals surface area contributed by atoms with Gasteiger partial charge >= 0.3 is 0 Å². The van der Waals surface area contributed by atoms with E-state index in [1.165, 1.54) is 24.8 Å². The first-order chi connectivity index (χ1) is 5.92. The highest BCUT2D eigenvalue weighted by molar-refractivity contribution is 5.19. The van der Waals surface area contributed by atoms with Crippen molar-refractivity contribution >= 4 is 0 Å². The molecule has 1 rings (SSSR count). The summed E-state index contributed by atoms with van der Waals surface area (Å²) in [7, 11) is 0. The van der Waals surface area contributed by atoms with E-state index >= 15 is 0 Å². The number of rotatable bonds is 3. The number of allylic oxidation sites excluding steroid dienone is 2. The van der Waals surface area contributed by atoms with Crippen LogP contribution >= 0.6 is 0 Å². The fourth-order valence-corrected chi connectivity index (χ4v) is 1.87. The molecule has 0 spiro atoms. The van der Waals surface area contributed by atoms with Gasteiger partial charge in [-0.1, -0.05) is 39.3 Å². The van der Waals surface area contributed by atoms with Crippen LogP contribution in [0.3, 0.4) is 0 Å². The van der Waals surface area contributed by atoms with Gasteiger partial charge in [-0.15, -0.1) is 0 Å². The quantitative estimate of drug-likeness (QED) is 0.665. The first-order valence-corrected chi connectivity index (χ1v) is 5.22. The van der Waals surface area contributed by atoms with Crippen molar-refractivity contribution in [1.29, 1.82) is 0 Å². The van der Waals surface area contributed by atoms with Gasteiger partial charge in [0.05, 0.1) is 0 Å². The molecule has 0 aromatic rings. The van der Waals surface area contributed by atoms with E-state index in [2.05, 4.69) is 33.8 Å². The summed E-state index contributed by atoms with van der Waals surface area (Å²) < 4.78 is 0. The first-order valence-electron chi connectivity index (χ1n) is 5.22. The summed E-state index contributed by atoms with van der Waals surface area (Å²) in [4.78, 5) is 0. The molecular weight excluding hydrogens is 160 g/mol. The van der Waals surface area contributed by atoms with Gasteiger partial charge in [0.2, 0.25) is 0 Å². The molecule has 0 aromatic carbocycles. The summed E-state index contributed by atoms with van der Waals surface area (Å²) in [5.74, 6) is 0. The molecule has 0 saturated heterocycles. The minimum Gasteiger partial charge on any atom is -0.396 e. The molecule has 0 unspecified atom stereocenters. The highest BCUT2D eigenvalue weighted by atomic mass is 16.3. The molecular formula is C12H22O. The van der Waals surface area contributed by atoms with Crippen LogP contribution in [0.5, 0.6) is 0 Å². The molecule has 0 radical (unpaired) electrons. The van der Waals surface area contributed by atoms with E-state index in [9.17, 15) is 5.11 Å². The smallest absolute Gasteiger partial charge is 0.0490 e. The SMILES string of the molecule is CC(C)(CO)C(C)(C)C1=CCCC1. The molecule has 0 aliphatic heterocycles. The fourth-order valence-electron chi connectivity index (χ4n) is 1.87. The Hall–Kier alpha value is -0.300. The zero-order chi connectivity index (χ0) is 10.1. The van der Waals surface area contributed by atoms with Crippen LogP contribution in [-0.4, -0.2) is 11.7 Å². The molecule has 1 N–H and O–H groups in total. The summed E-state index contributed by atoms with van der Waals surface area (Å²) in [6, 6.07) is 0. The van der Waals surface area contributed by atoms with E-state index in [1.54, 1.807) is 0 Å². The van der Waals surface area contributed by atoms with E-state index in [4.69, 9.17) is 0 Å². The maximum atomic E-state index is 9.36. The van der Waals surface area contributed by atoms with E-state index in [-0.39, 0.29) is 17.4 Å². The Morgan fingerprint density at radius 1 is 1.31 bits per heavy atom. The van der Waals surface area contributed by atoms with Gasteiger partial charge in [0.25, 0.3) is 0 Å². The Morgan fingerprint density at radius 3 is 2.31 bits per heavy atom. The average Bonchev–Trinajstić information content (AvgIpc) is 2.56. The average molecular weight is 182 g/mol. The van der Waals surface area contributed by atoms with Crippen molar-refractivity contribution in [3.63, 3.8) is 0 Å². The lowest BCUT2D eigenvalue weighted by Gasteiger charge is -2.42. The van der Waals surface area contributed by atoms with Crippen LogP contribution in [0.4, 0.5) is 0 Å². The highest BCUT2D eigenvalue weighted by Gasteiger charge is 2.39. The van der Waals surface area contributed by atoms with Gasteiger partial charge in [-0.05, 0) is 30.1 Å². The lowest BCUT2D eigenvalue weighted by molar-refractivity contribution is 0.0605. The minimum absolute atomic E-state index is 0.0107. The molecule has 1 aliphatic carbocycles. The molecule has 0 fully saturated rings.